The van der Waals surface area contributed by atoms with Crippen LogP contribution in [0.15, 0.2) is 22.7 Å². The second-order valence-corrected chi connectivity index (χ2v) is 4.34. The van der Waals surface area contributed by atoms with E-state index in [1.807, 2.05) is 18.2 Å². The van der Waals surface area contributed by atoms with E-state index in [0.717, 1.165) is 15.7 Å². The fourth-order valence-electron chi connectivity index (χ4n) is 1.65. The summed E-state index contributed by atoms with van der Waals surface area (Å²) in [6.45, 7) is 0.518. The maximum absolute atomic E-state index is 10.8. The van der Waals surface area contributed by atoms with Gasteiger partial charge in [0.25, 0.3) is 0 Å². The van der Waals surface area contributed by atoms with Gasteiger partial charge in [-0.15, -0.1) is 0 Å². The maximum atomic E-state index is 10.8. The Morgan fingerprint density at radius 3 is 3.07 bits per heavy atom. The quantitative estimate of drug-likeness (QED) is 0.809. The molecule has 1 unspecified atom stereocenters. The van der Waals surface area contributed by atoms with Crippen molar-refractivity contribution in [2.24, 2.45) is 5.92 Å². The number of rotatable bonds is 1. The molecule has 0 fully saturated rings. The molecular weight excluding hydrogens is 246 g/mol. The van der Waals surface area contributed by atoms with E-state index in [1.165, 1.54) is 0 Å². The number of benzene rings is 1. The van der Waals surface area contributed by atoms with Crippen LogP contribution in [0.1, 0.15) is 5.56 Å². The summed E-state index contributed by atoms with van der Waals surface area (Å²) in [5.41, 5.74) is 2.11. The van der Waals surface area contributed by atoms with Crippen LogP contribution in [0.25, 0.3) is 0 Å². The average Bonchev–Trinajstić information content (AvgIpc) is 2.16. The molecule has 1 aromatic carbocycles. The fourth-order valence-corrected chi connectivity index (χ4v) is 2.06. The number of halogens is 1. The van der Waals surface area contributed by atoms with Crippen molar-refractivity contribution >= 4 is 27.6 Å². The number of nitrogens with one attached hydrogen (secondary N) is 1. The minimum absolute atomic E-state index is 0.309. The van der Waals surface area contributed by atoms with Crippen LogP contribution in [0.3, 0.4) is 0 Å². The Labute approximate surface area is 90.3 Å². The Kier molecular flexibility index (Phi) is 2.46. The summed E-state index contributed by atoms with van der Waals surface area (Å²) >= 11 is 3.37. The lowest BCUT2D eigenvalue weighted by atomic mass is 9.94. The second-order valence-electron chi connectivity index (χ2n) is 3.42. The largest absolute Gasteiger partial charge is 0.481 e. The van der Waals surface area contributed by atoms with Gasteiger partial charge < -0.3 is 10.4 Å². The van der Waals surface area contributed by atoms with E-state index in [-0.39, 0.29) is 5.92 Å². The first-order valence-electron chi connectivity index (χ1n) is 4.42. The molecule has 1 aliphatic heterocycles. The van der Waals surface area contributed by atoms with Gasteiger partial charge in [-0.05, 0) is 30.2 Å². The molecule has 0 amide bonds. The molecule has 0 radical (unpaired) electrons. The maximum Gasteiger partial charge on any atom is 0.308 e. The predicted molar refractivity (Wildman–Crippen MR) is 57.5 cm³/mol. The highest BCUT2D eigenvalue weighted by molar-refractivity contribution is 9.10. The minimum Gasteiger partial charge on any atom is -0.481 e. The van der Waals surface area contributed by atoms with Gasteiger partial charge in [-0.25, -0.2) is 0 Å². The third kappa shape index (κ3) is 1.75. The molecule has 14 heavy (non-hydrogen) atoms. The smallest absolute Gasteiger partial charge is 0.308 e. The Morgan fingerprint density at radius 1 is 1.57 bits per heavy atom. The monoisotopic (exact) mass is 255 g/mol. The van der Waals surface area contributed by atoms with Gasteiger partial charge in [0.15, 0.2) is 0 Å². The molecule has 1 heterocycles. The summed E-state index contributed by atoms with van der Waals surface area (Å²) in [5, 5.41) is 12.0. The summed E-state index contributed by atoms with van der Waals surface area (Å²) in [6.07, 6.45) is 0.608. The fraction of sp³-hybridized carbons (Fsp3) is 0.300. The molecule has 2 N–H and O–H groups in total. The lowest BCUT2D eigenvalue weighted by molar-refractivity contribution is -0.141. The lowest BCUT2D eigenvalue weighted by Gasteiger charge is -2.23. The first kappa shape index (κ1) is 9.52. The van der Waals surface area contributed by atoms with E-state index >= 15 is 0 Å². The Balaban J connectivity index is 2.29. The molecule has 4 heteroatoms. The first-order valence-corrected chi connectivity index (χ1v) is 5.21. The van der Waals surface area contributed by atoms with Crippen LogP contribution < -0.4 is 5.32 Å². The molecule has 0 bridgehead atoms. The number of anilines is 1. The topological polar surface area (TPSA) is 49.3 Å². The molecule has 0 aliphatic carbocycles. The molecule has 1 atom stereocenters. The minimum atomic E-state index is -0.733. The molecule has 2 rings (SSSR count). The van der Waals surface area contributed by atoms with Crippen LogP contribution in [0.4, 0.5) is 5.69 Å². The zero-order valence-corrected chi connectivity index (χ0v) is 9.04. The van der Waals surface area contributed by atoms with Crippen molar-refractivity contribution in [3.05, 3.63) is 28.2 Å². The molecule has 1 aliphatic rings. The van der Waals surface area contributed by atoms with Crippen LogP contribution in [-0.4, -0.2) is 17.6 Å². The Morgan fingerprint density at radius 2 is 2.36 bits per heavy atom. The number of fused-ring (bicyclic) bond motifs is 1. The molecule has 74 valence electrons. The molecule has 1 aromatic rings. The summed E-state index contributed by atoms with van der Waals surface area (Å²) in [4.78, 5) is 10.8. The second kappa shape index (κ2) is 3.61. The van der Waals surface area contributed by atoms with Gasteiger partial charge in [0.05, 0.1) is 5.92 Å². The molecule has 0 spiro atoms. The van der Waals surface area contributed by atoms with E-state index < -0.39 is 5.97 Å². The SMILES string of the molecule is O=C(O)C1CNc2ccc(Br)cc2C1. The Bertz CT molecular complexity index is 378. The highest BCUT2D eigenvalue weighted by Crippen LogP contribution is 2.27. The van der Waals surface area contributed by atoms with E-state index in [1.54, 1.807) is 0 Å². The van der Waals surface area contributed by atoms with Crippen molar-refractivity contribution < 1.29 is 9.90 Å². The van der Waals surface area contributed by atoms with Gasteiger partial charge in [-0.2, -0.15) is 0 Å². The molecule has 0 saturated heterocycles. The van der Waals surface area contributed by atoms with Crippen LogP contribution in [-0.2, 0) is 11.2 Å². The zero-order valence-electron chi connectivity index (χ0n) is 7.46. The van der Waals surface area contributed by atoms with Gasteiger partial charge in [-0.3, -0.25) is 4.79 Å². The molecule has 0 aromatic heterocycles. The third-order valence-corrected chi connectivity index (χ3v) is 2.92. The van der Waals surface area contributed by atoms with E-state index in [2.05, 4.69) is 21.2 Å². The standard InChI is InChI=1S/C10H10BrNO2/c11-8-1-2-9-6(4-8)3-7(5-12-9)10(13)14/h1-2,4,7,12H,3,5H2,(H,13,14). The van der Waals surface area contributed by atoms with E-state index in [9.17, 15) is 4.79 Å². The van der Waals surface area contributed by atoms with Gasteiger partial charge in [-0.1, -0.05) is 15.9 Å². The third-order valence-electron chi connectivity index (χ3n) is 2.42. The summed E-state index contributed by atoms with van der Waals surface area (Å²) in [6, 6.07) is 5.89. The zero-order chi connectivity index (χ0) is 10.1. The molecule has 0 saturated carbocycles. The highest BCUT2D eigenvalue weighted by atomic mass is 79.9. The number of hydrogen-bond acceptors (Lipinski definition) is 2. The van der Waals surface area contributed by atoms with Gasteiger partial charge in [0, 0.05) is 16.7 Å². The van der Waals surface area contributed by atoms with Crippen molar-refractivity contribution in [3.8, 4) is 0 Å². The van der Waals surface area contributed by atoms with Crippen LogP contribution in [0, 0.1) is 5.92 Å². The number of carboxylic acids is 1. The summed E-state index contributed by atoms with van der Waals surface area (Å²) in [5.74, 6) is -1.04. The number of carbonyl (C=O) groups is 1. The van der Waals surface area contributed by atoms with Crippen molar-refractivity contribution in [1.82, 2.24) is 0 Å². The lowest BCUT2D eigenvalue weighted by Crippen LogP contribution is -2.29. The van der Waals surface area contributed by atoms with Crippen LogP contribution in [0.2, 0.25) is 0 Å². The first-order chi connectivity index (χ1) is 6.66. The van der Waals surface area contributed by atoms with Crippen LogP contribution in [0.5, 0.6) is 0 Å². The molecular formula is C10H10BrNO2. The van der Waals surface area contributed by atoms with Crippen molar-refractivity contribution in [2.45, 2.75) is 6.42 Å². The molecule has 3 nitrogen and oxygen atoms in total. The average molecular weight is 256 g/mol. The highest BCUT2D eigenvalue weighted by Gasteiger charge is 2.23. The van der Waals surface area contributed by atoms with E-state index in [4.69, 9.17) is 5.11 Å². The van der Waals surface area contributed by atoms with Crippen LogP contribution >= 0.6 is 15.9 Å². The predicted octanol–water partition coefficient (Wildman–Crippen LogP) is 2.12. The number of carboxylic acid groups (broad SMARTS) is 1. The van der Waals surface area contributed by atoms with Gasteiger partial charge in [0.1, 0.15) is 0 Å². The number of aliphatic carboxylic acids is 1. The van der Waals surface area contributed by atoms with Gasteiger partial charge in [0.2, 0.25) is 0 Å². The van der Waals surface area contributed by atoms with Crippen molar-refractivity contribution in [2.75, 3.05) is 11.9 Å². The van der Waals surface area contributed by atoms with Crippen molar-refractivity contribution in [3.63, 3.8) is 0 Å². The van der Waals surface area contributed by atoms with E-state index in [0.29, 0.717) is 13.0 Å². The summed E-state index contributed by atoms with van der Waals surface area (Å²) in [7, 11) is 0. The normalized spacial score (nSPS) is 19.6. The van der Waals surface area contributed by atoms with Crippen molar-refractivity contribution in [1.29, 1.82) is 0 Å². The summed E-state index contributed by atoms with van der Waals surface area (Å²) < 4.78 is 0.990. The Hall–Kier alpha value is -1.03. The van der Waals surface area contributed by atoms with Gasteiger partial charge >= 0.3 is 5.97 Å². The number of hydrogen-bond donors (Lipinski definition) is 2.